The van der Waals surface area contributed by atoms with E-state index in [0.29, 0.717) is 61.6 Å². The third-order valence-electron chi connectivity index (χ3n) is 13.1. The molecular formula is C53H72N2O13Si. The summed E-state index contributed by atoms with van der Waals surface area (Å²) in [7, 11) is -1.54. The maximum Gasteiger partial charge on any atom is 0.330 e. The van der Waals surface area contributed by atoms with Gasteiger partial charge in [-0.2, -0.15) is 0 Å². The lowest BCUT2D eigenvalue weighted by Gasteiger charge is -2.44. The number of ether oxygens (including phenoxy) is 6. The Hall–Kier alpha value is -4.25. The minimum absolute atomic E-state index is 0.0677. The van der Waals surface area contributed by atoms with Gasteiger partial charge in [-0.25, -0.2) is 14.8 Å². The van der Waals surface area contributed by atoms with Gasteiger partial charge in [0.15, 0.2) is 11.7 Å². The molecule has 8 bridgehead atoms. The molecule has 4 N–H and O–H groups in total. The molecule has 14 atom stereocenters. The van der Waals surface area contributed by atoms with Crippen LogP contribution in [0.15, 0.2) is 81.1 Å². The van der Waals surface area contributed by atoms with Crippen molar-refractivity contribution < 1.29 is 62.5 Å². The second-order valence-corrected chi connectivity index (χ2v) is 25.4. The highest BCUT2D eigenvalue weighted by atomic mass is 28.3. The average Bonchev–Trinajstić information content (AvgIpc) is 3.93. The first-order chi connectivity index (χ1) is 32.8. The van der Waals surface area contributed by atoms with Crippen molar-refractivity contribution in [2.75, 3.05) is 6.61 Å². The van der Waals surface area contributed by atoms with Crippen LogP contribution in [0.3, 0.4) is 0 Å². The molecule has 0 saturated carbocycles. The molecule has 7 heterocycles. The first-order valence-corrected chi connectivity index (χ1v) is 28.0. The van der Waals surface area contributed by atoms with Crippen molar-refractivity contribution >= 4 is 26.2 Å². The van der Waals surface area contributed by atoms with Crippen LogP contribution in [0.5, 0.6) is 0 Å². The number of hydrogen-bond donors (Lipinski definition) is 4. The maximum absolute atomic E-state index is 13.5. The van der Waals surface area contributed by atoms with E-state index >= 15 is 0 Å². The van der Waals surface area contributed by atoms with E-state index < -0.39 is 62.7 Å². The van der Waals surface area contributed by atoms with Crippen LogP contribution in [0.1, 0.15) is 115 Å². The molecule has 16 heteroatoms. The average molecular weight is 973 g/mol. The molecule has 0 aliphatic carbocycles. The van der Waals surface area contributed by atoms with Crippen LogP contribution in [0.2, 0.25) is 19.6 Å². The Kier molecular flexibility index (Phi) is 17.8. The predicted octanol–water partition coefficient (Wildman–Crippen LogP) is 7.64. The minimum Gasteiger partial charge on any atom is -0.458 e. The number of hydrogen-bond acceptors (Lipinski definition) is 15. The normalized spacial score (nSPS) is 35.0. The Morgan fingerprint density at radius 2 is 1.77 bits per heavy atom. The Bertz CT molecular complexity index is 2300. The highest BCUT2D eigenvalue weighted by molar-refractivity contribution is 6.83. The van der Waals surface area contributed by atoms with E-state index in [1.807, 2.05) is 39.0 Å². The number of esters is 1. The first-order valence-electron chi connectivity index (χ1n) is 24.5. The van der Waals surface area contributed by atoms with Gasteiger partial charge < -0.3 is 57.7 Å². The largest absolute Gasteiger partial charge is 0.458 e. The number of aliphatic hydroxyl groups is 4. The van der Waals surface area contributed by atoms with Gasteiger partial charge in [0, 0.05) is 43.6 Å². The van der Waals surface area contributed by atoms with Crippen LogP contribution in [0.25, 0.3) is 12.2 Å². The Labute approximate surface area is 407 Å². The zero-order valence-corrected chi connectivity index (χ0v) is 42.1. The molecule has 4 saturated heterocycles. The second kappa shape index (κ2) is 23.3. The molecule has 5 aliphatic heterocycles. The standard InChI is InChI=1S/C53H72N2O13Si/c1-32(17-18-38(56)12-11-21-69(6,7)8)24-44(58)46-26-39(57)28-53(60,68-46)29-48-54-37(30-62-48)25-34(3)50-36(5)51-35(4)45(66-50)14-10-15-47-55-43(31-63-47)52-61-20-19-41(65-52)27-42-23-33(2)22-40(64-42)13-9-16-49(59)67-51/h9-10,15-18,24-25,30-31,35-36,38-42,44-46,50-52,56-58,60H,2,12-14,19-20,22-23,26-29H2,1,3-8H3/b15-10+,16-9+,18-17+,32-24+,34-25+/t35-,36-,38+,39+,40-,41-,42+,44+,45+,46+,50-,51-,52-,53-/m0/s1. The maximum atomic E-state index is 13.5. The van der Waals surface area contributed by atoms with Crippen molar-refractivity contribution in [2.24, 2.45) is 11.8 Å². The number of rotatable bonds is 9. The van der Waals surface area contributed by atoms with Crippen LogP contribution in [0.4, 0.5) is 0 Å². The van der Waals surface area contributed by atoms with E-state index in [4.69, 9.17) is 37.3 Å². The van der Waals surface area contributed by atoms with Gasteiger partial charge in [-0.05, 0) is 63.7 Å². The van der Waals surface area contributed by atoms with Crippen molar-refractivity contribution in [3.05, 3.63) is 95.4 Å². The lowest BCUT2D eigenvalue weighted by molar-refractivity contribution is -0.283. The van der Waals surface area contributed by atoms with E-state index in [1.54, 1.807) is 37.5 Å². The number of carbonyl (C=O) groups excluding carboxylic acids is 1. The summed E-state index contributed by atoms with van der Waals surface area (Å²) in [5, 5.41) is 43.9. The molecule has 376 valence electrons. The third-order valence-corrected chi connectivity index (χ3v) is 14.1. The fourth-order valence-electron chi connectivity index (χ4n) is 9.80. The van der Waals surface area contributed by atoms with Gasteiger partial charge in [0.1, 0.15) is 38.1 Å². The molecule has 0 spiro atoms. The fraction of sp³-hybridized carbons (Fsp3) is 0.604. The van der Waals surface area contributed by atoms with E-state index in [2.05, 4.69) is 47.7 Å². The summed E-state index contributed by atoms with van der Waals surface area (Å²) in [6.07, 6.45) is 14.8. The van der Waals surface area contributed by atoms with Gasteiger partial charge in [0.05, 0.1) is 68.0 Å². The van der Waals surface area contributed by atoms with E-state index in [-0.39, 0.29) is 61.4 Å². The summed E-state index contributed by atoms with van der Waals surface area (Å²) in [6, 6.07) is 0. The number of fused-ring (bicyclic) bond motifs is 9. The quantitative estimate of drug-likeness (QED) is 0.0627. The molecule has 2 aromatic rings. The Balaban J connectivity index is 1.03. The summed E-state index contributed by atoms with van der Waals surface area (Å²) >= 11 is 0. The van der Waals surface area contributed by atoms with E-state index in [9.17, 15) is 25.2 Å². The zero-order valence-electron chi connectivity index (χ0n) is 41.1. The molecule has 0 unspecified atom stereocenters. The van der Waals surface area contributed by atoms with Crippen molar-refractivity contribution in [3.8, 4) is 11.5 Å². The number of oxazole rings is 2. The van der Waals surface area contributed by atoms with Gasteiger partial charge in [-0.15, -0.1) is 11.5 Å². The summed E-state index contributed by atoms with van der Waals surface area (Å²) in [4.78, 5) is 22.8. The van der Waals surface area contributed by atoms with Gasteiger partial charge in [0.25, 0.3) is 0 Å². The molecule has 2 aromatic heterocycles. The van der Waals surface area contributed by atoms with E-state index in [0.717, 1.165) is 24.0 Å². The number of aliphatic hydroxyl groups excluding tert-OH is 3. The van der Waals surface area contributed by atoms with Crippen molar-refractivity contribution in [1.29, 1.82) is 0 Å². The molecule has 7 rings (SSSR count). The smallest absolute Gasteiger partial charge is 0.330 e. The van der Waals surface area contributed by atoms with Crippen molar-refractivity contribution in [2.45, 2.75) is 185 Å². The third kappa shape index (κ3) is 15.1. The van der Waals surface area contributed by atoms with Crippen LogP contribution in [-0.2, 0) is 39.6 Å². The molecule has 4 fully saturated rings. The molecule has 0 amide bonds. The van der Waals surface area contributed by atoms with Crippen LogP contribution >= 0.6 is 0 Å². The topological polar surface area (TPSA) is 205 Å². The highest BCUT2D eigenvalue weighted by Crippen LogP contribution is 2.39. The van der Waals surface area contributed by atoms with Crippen molar-refractivity contribution in [3.63, 3.8) is 0 Å². The molecule has 15 nitrogen and oxygen atoms in total. The molecule has 69 heavy (non-hydrogen) atoms. The summed E-state index contributed by atoms with van der Waals surface area (Å²) in [6.45, 7) is 19.0. The van der Waals surface area contributed by atoms with Gasteiger partial charge in [-0.3, -0.25) is 0 Å². The number of nitrogens with zero attached hydrogens (tertiary/aromatic N) is 2. The second-order valence-electron chi connectivity index (χ2n) is 20.6. The predicted molar refractivity (Wildman–Crippen MR) is 260 cm³/mol. The summed E-state index contributed by atoms with van der Waals surface area (Å²) in [5.41, 5.74) is 6.86. The zero-order chi connectivity index (χ0) is 49.5. The lowest BCUT2D eigenvalue weighted by Crippen LogP contribution is -2.51. The molecule has 0 aromatic carbocycles. The van der Waals surface area contributed by atoms with Crippen LogP contribution in [0, 0.1) is 23.3 Å². The summed E-state index contributed by atoms with van der Waals surface area (Å²) < 4.78 is 49.5. The van der Waals surface area contributed by atoms with Crippen molar-refractivity contribution in [1.82, 2.24) is 9.97 Å². The van der Waals surface area contributed by atoms with Gasteiger partial charge in [-0.1, -0.05) is 81.6 Å². The van der Waals surface area contributed by atoms with E-state index in [1.165, 1.54) is 12.3 Å². The minimum atomic E-state index is -1.88. The summed E-state index contributed by atoms with van der Waals surface area (Å²) in [5.74, 6) is 0.866. The number of carbonyl (C=O) groups is 1. The first kappa shape index (κ1) is 52.6. The Morgan fingerprint density at radius 3 is 2.57 bits per heavy atom. The fourth-order valence-corrected chi connectivity index (χ4v) is 10.4. The molecular weight excluding hydrogens is 901 g/mol. The van der Waals surface area contributed by atoms with Gasteiger partial charge in [0.2, 0.25) is 12.2 Å². The highest BCUT2D eigenvalue weighted by Gasteiger charge is 2.45. The lowest BCUT2D eigenvalue weighted by atomic mass is 9.79. The van der Waals surface area contributed by atoms with Gasteiger partial charge >= 0.3 is 5.97 Å². The number of aromatic nitrogens is 2. The SMILES string of the molecule is C=C1C[C@@H]2C[C@@H]3CCO[C@@H](O3)c3coc(n3)/C=C/C[C@H]3O[C@@H](/C(C)=C/c4coc(C[C@]5(O)C[C@H](O)C[C@H]([C@H](O)/C=C(C)/C=C/[C@H](O)CC#C[Si](C)(C)C)O5)n4)[C@H](C)[C@@H](OC(=O)/C=C/C[C@@H](C1)O2)[C@H]3C. The Morgan fingerprint density at radius 1 is 0.986 bits per heavy atom. The van der Waals surface area contributed by atoms with Crippen LogP contribution in [-0.4, -0.2) is 118 Å². The molecule has 0 radical (unpaired) electrons. The molecule has 5 aliphatic rings. The van der Waals surface area contributed by atoms with Crippen LogP contribution < -0.4 is 0 Å². The monoisotopic (exact) mass is 972 g/mol. The number of allylic oxidation sites excluding steroid dienone is 2.